The van der Waals surface area contributed by atoms with Gasteiger partial charge in [0.05, 0.1) is 11.8 Å². The highest BCUT2D eigenvalue weighted by atomic mass is 16.5. The molecule has 0 bridgehead atoms. The van der Waals surface area contributed by atoms with E-state index < -0.39 is 0 Å². The molecule has 7 nitrogen and oxygen atoms in total. The van der Waals surface area contributed by atoms with Gasteiger partial charge in [0, 0.05) is 52.8 Å². The summed E-state index contributed by atoms with van der Waals surface area (Å²) in [5, 5.41) is 4.45. The minimum Gasteiger partial charge on any atom is -0.381 e. The molecule has 2 fully saturated rings. The summed E-state index contributed by atoms with van der Waals surface area (Å²) in [6.45, 7) is 5.57. The van der Waals surface area contributed by atoms with Crippen LogP contribution in [0.25, 0.3) is 0 Å². The molecule has 2 aliphatic heterocycles. The summed E-state index contributed by atoms with van der Waals surface area (Å²) in [6.07, 6.45) is 3.66. The lowest BCUT2D eigenvalue weighted by atomic mass is 10.0. The Bertz CT molecular complexity index is 556. The van der Waals surface area contributed by atoms with Crippen molar-refractivity contribution in [3.8, 4) is 0 Å². The van der Waals surface area contributed by atoms with Gasteiger partial charge >= 0.3 is 0 Å². The third-order valence-corrected chi connectivity index (χ3v) is 5.21. The predicted octanol–water partition coefficient (Wildman–Crippen LogP) is 1.10. The molecule has 2 atom stereocenters. The molecular weight excluding hydrogens is 310 g/mol. The van der Waals surface area contributed by atoms with E-state index in [4.69, 9.17) is 14.2 Å². The Kier molecular flexibility index (Phi) is 5.53. The standard InChI is InChI=1S/C17H27N3O4/c1-12-14(8-18-20(12)9-13-4-6-24-7-5-13)17(21)19-10-15(22-2)16(11-19)23-3/h8,13,15-16H,4-7,9-11H2,1-3H3/t15-,16+. The van der Waals surface area contributed by atoms with Gasteiger partial charge in [-0.15, -0.1) is 0 Å². The zero-order valence-electron chi connectivity index (χ0n) is 14.7. The van der Waals surface area contributed by atoms with Gasteiger partial charge in [0.15, 0.2) is 0 Å². The summed E-state index contributed by atoms with van der Waals surface area (Å²) in [4.78, 5) is 14.6. The molecule has 0 aromatic carbocycles. The van der Waals surface area contributed by atoms with Crippen LogP contribution in [0.1, 0.15) is 28.9 Å². The van der Waals surface area contributed by atoms with Gasteiger partial charge in [0.2, 0.25) is 0 Å². The summed E-state index contributed by atoms with van der Waals surface area (Å²) in [5.41, 5.74) is 1.61. The van der Waals surface area contributed by atoms with Crippen molar-refractivity contribution in [1.29, 1.82) is 0 Å². The maximum atomic E-state index is 12.8. The number of rotatable bonds is 5. The first-order chi connectivity index (χ1) is 11.6. The van der Waals surface area contributed by atoms with Crippen LogP contribution >= 0.6 is 0 Å². The van der Waals surface area contributed by atoms with Crippen LogP contribution in [0.3, 0.4) is 0 Å². The third kappa shape index (κ3) is 3.48. The molecule has 2 saturated heterocycles. The molecule has 3 heterocycles. The second-order valence-electron chi connectivity index (χ2n) is 6.64. The van der Waals surface area contributed by atoms with Crippen molar-refractivity contribution in [2.24, 2.45) is 5.92 Å². The van der Waals surface area contributed by atoms with E-state index in [9.17, 15) is 4.79 Å². The summed E-state index contributed by atoms with van der Waals surface area (Å²) in [6, 6.07) is 0. The van der Waals surface area contributed by atoms with Gasteiger partial charge < -0.3 is 19.1 Å². The SMILES string of the molecule is CO[C@H]1CN(C(=O)c2cnn(CC3CCOCC3)c2C)C[C@H]1OC. The van der Waals surface area contributed by atoms with E-state index in [-0.39, 0.29) is 18.1 Å². The van der Waals surface area contributed by atoms with Crippen LogP contribution in [0.5, 0.6) is 0 Å². The monoisotopic (exact) mass is 337 g/mol. The van der Waals surface area contributed by atoms with E-state index in [0.29, 0.717) is 24.6 Å². The number of amides is 1. The zero-order valence-corrected chi connectivity index (χ0v) is 14.7. The quantitative estimate of drug-likeness (QED) is 0.805. The van der Waals surface area contributed by atoms with Gasteiger partial charge in [-0.05, 0) is 25.7 Å². The highest BCUT2D eigenvalue weighted by Crippen LogP contribution is 2.22. The Balaban J connectivity index is 1.67. The van der Waals surface area contributed by atoms with Crippen molar-refractivity contribution >= 4 is 5.91 Å². The molecule has 0 radical (unpaired) electrons. The van der Waals surface area contributed by atoms with E-state index in [0.717, 1.165) is 38.3 Å². The Hall–Kier alpha value is -1.44. The molecule has 3 rings (SSSR count). The molecule has 24 heavy (non-hydrogen) atoms. The van der Waals surface area contributed by atoms with E-state index in [1.807, 2.05) is 11.6 Å². The summed E-state index contributed by atoms with van der Waals surface area (Å²) >= 11 is 0. The lowest BCUT2D eigenvalue weighted by molar-refractivity contribution is -0.00461. The number of aromatic nitrogens is 2. The average Bonchev–Trinajstić information content (AvgIpc) is 3.19. The van der Waals surface area contributed by atoms with Crippen LogP contribution in [0.4, 0.5) is 0 Å². The molecule has 2 aliphatic rings. The maximum Gasteiger partial charge on any atom is 0.257 e. The van der Waals surface area contributed by atoms with Crippen molar-refractivity contribution < 1.29 is 19.0 Å². The van der Waals surface area contributed by atoms with E-state index in [1.165, 1.54) is 0 Å². The largest absolute Gasteiger partial charge is 0.381 e. The highest BCUT2D eigenvalue weighted by molar-refractivity contribution is 5.95. The number of ether oxygens (including phenoxy) is 3. The van der Waals surface area contributed by atoms with Crippen LogP contribution in [0.2, 0.25) is 0 Å². The molecule has 1 aromatic rings. The number of likely N-dealkylation sites (tertiary alicyclic amines) is 1. The third-order valence-electron chi connectivity index (χ3n) is 5.21. The molecule has 0 N–H and O–H groups in total. The maximum absolute atomic E-state index is 12.8. The van der Waals surface area contributed by atoms with Gasteiger partial charge in [-0.25, -0.2) is 0 Å². The first kappa shape index (κ1) is 17.4. The molecule has 134 valence electrons. The van der Waals surface area contributed by atoms with Gasteiger partial charge in [-0.2, -0.15) is 5.10 Å². The number of carbonyl (C=O) groups is 1. The van der Waals surface area contributed by atoms with Crippen LogP contribution in [0, 0.1) is 12.8 Å². The highest BCUT2D eigenvalue weighted by Gasteiger charge is 2.36. The second kappa shape index (κ2) is 7.63. The number of hydrogen-bond donors (Lipinski definition) is 0. The Labute approximate surface area is 142 Å². The first-order valence-electron chi connectivity index (χ1n) is 8.59. The molecule has 0 spiro atoms. The summed E-state index contributed by atoms with van der Waals surface area (Å²) in [5.74, 6) is 0.579. The fraction of sp³-hybridized carbons (Fsp3) is 0.765. The Morgan fingerprint density at radius 1 is 1.25 bits per heavy atom. The van der Waals surface area contributed by atoms with Crippen LogP contribution in [-0.4, -0.2) is 73.3 Å². The summed E-state index contributed by atoms with van der Waals surface area (Å²) in [7, 11) is 3.31. The molecular formula is C17H27N3O4. The number of hydrogen-bond acceptors (Lipinski definition) is 5. The predicted molar refractivity (Wildman–Crippen MR) is 88.0 cm³/mol. The lowest BCUT2D eigenvalue weighted by Crippen LogP contribution is -2.30. The van der Waals surface area contributed by atoms with Crippen LogP contribution in [-0.2, 0) is 20.8 Å². The topological polar surface area (TPSA) is 65.8 Å². The average molecular weight is 337 g/mol. The van der Waals surface area contributed by atoms with Gasteiger partial charge in [0.25, 0.3) is 5.91 Å². The second-order valence-corrected chi connectivity index (χ2v) is 6.64. The van der Waals surface area contributed by atoms with Gasteiger partial charge in [0.1, 0.15) is 12.2 Å². The van der Waals surface area contributed by atoms with Crippen molar-refractivity contribution in [2.45, 2.75) is 38.5 Å². The number of methoxy groups -OCH3 is 2. The smallest absolute Gasteiger partial charge is 0.257 e. The fourth-order valence-corrected chi connectivity index (χ4v) is 3.55. The first-order valence-corrected chi connectivity index (χ1v) is 8.59. The number of nitrogens with zero attached hydrogens (tertiary/aromatic N) is 3. The Morgan fingerprint density at radius 2 is 1.88 bits per heavy atom. The summed E-state index contributed by atoms with van der Waals surface area (Å²) < 4.78 is 18.2. The van der Waals surface area contributed by atoms with Crippen LogP contribution < -0.4 is 0 Å². The van der Waals surface area contributed by atoms with E-state index in [2.05, 4.69) is 5.10 Å². The Morgan fingerprint density at radius 3 is 2.46 bits per heavy atom. The van der Waals surface area contributed by atoms with Gasteiger partial charge in [-0.1, -0.05) is 0 Å². The minimum atomic E-state index is -0.0726. The van der Waals surface area contributed by atoms with Crippen molar-refractivity contribution in [1.82, 2.24) is 14.7 Å². The molecule has 0 aliphatic carbocycles. The molecule has 1 aromatic heterocycles. The molecule has 7 heteroatoms. The molecule has 0 saturated carbocycles. The van der Waals surface area contributed by atoms with E-state index >= 15 is 0 Å². The van der Waals surface area contributed by atoms with E-state index in [1.54, 1.807) is 25.3 Å². The minimum absolute atomic E-state index is 0.00678. The van der Waals surface area contributed by atoms with Crippen LogP contribution in [0.15, 0.2) is 6.20 Å². The van der Waals surface area contributed by atoms with Crippen molar-refractivity contribution in [3.63, 3.8) is 0 Å². The fourth-order valence-electron chi connectivity index (χ4n) is 3.55. The lowest BCUT2D eigenvalue weighted by Gasteiger charge is -2.22. The molecule has 0 unspecified atom stereocenters. The van der Waals surface area contributed by atoms with Crippen molar-refractivity contribution in [3.05, 3.63) is 17.5 Å². The number of carbonyl (C=O) groups excluding carboxylic acids is 1. The molecule has 1 amide bonds. The van der Waals surface area contributed by atoms with Gasteiger partial charge in [-0.3, -0.25) is 9.48 Å². The van der Waals surface area contributed by atoms with Crippen molar-refractivity contribution in [2.75, 3.05) is 40.5 Å². The zero-order chi connectivity index (χ0) is 17.1. The normalized spacial score (nSPS) is 25.4.